The first-order valence-electron chi connectivity index (χ1n) is 5.76. The van der Waals surface area contributed by atoms with E-state index in [-0.39, 0.29) is 18.9 Å². The first-order valence-corrected chi connectivity index (χ1v) is 5.76. The molecule has 0 aromatic carbocycles. The minimum absolute atomic E-state index is 0.0683. The summed E-state index contributed by atoms with van der Waals surface area (Å²) in [5, 5.41) is 16.5. The van der Waals surface area contributed by atoms with Crippen molar-refractivity contribution in [2.24, 2.45) is 0 Å². The highest BCUT2D eigenvalue weighted by atomic mass is 16.4. The Morgan fingerprint density at radius 3 is 2.61 bits per heavy atom. The van der Waals surface area contributed by atoms with Gasteiger partial charge < -0.3 is 10.0 Å². The third-order valence-corrected chi connectivity index (χ3v) is 2.57. The molecule has 0 aliphatic heterocycles. The zero-order valence-electron chi connectivity index (χ0n) is 10.8. The first-order chi connectivity index (χ1) is 8.45. The van der Waals surface area contributed by atoms with Gasteiger partial charge in [-0.2, -0.15) is 10.2 Å². The quantitative estimate of drug-likeness (QED) is 0.840. The van der Waals surface area contributed by atoms with Crippen molar-refractivity contribution in [3.8, 4) is 0 Å². The van der Waals surface area contributed by atoms with E-state index in [0.29, 0.717) is 23.4 Å². The van der Waals surface area contributed by atoms with Gasteiger partial charge in [-0.3, -0.25) is 9.59 Å². The zero-order chi connectivity index (χ0) is 13.7. The lowest BCUT2D eigenvalue weighted by atomic mass is 10.1. The highest BCUT2D eigenvalue weighted by Gasteiger charge is 2.17. The first kappa shape index (κ1) is 14.1. The molecule has 18 heavy (non-hydrogen) atoms. The lowest BCUT2D eigenvalue weighted by molar-refractivity contribution is -0.137. The second kappa shape index (κ2) is 6.09. The van der Waals surface area contributed by atoms with Crippen molar-refractivity contribution in [2.75, 3.05) is 13.6 Å². The minimum atomic E-state index is -0.922. The molecule has 0 unspecified atom stereocenters. The van der Waals surface area contributed by atoms with Crippen molar-refractivity contribution >= 4 is 11.9 Å². The molecular weight excluding hydrogens is 234 g/mol. The highest BCUT2D eigenvalue weighted by Crippen LogP contribution is 2.10. The summed E-state index contributed by atoms with van der Waals surface area (Å²) >= 11 is 0. The van der Waals surface area contributed by atoms with Crippen LogP contribution in [0.1, 0.15) is 35.1 Å². The van der Waals surface area contributed by atoms with Gasteiger partial charge in [-0.15, -0.1) is 0 Å². The van der Waals surface area contributed by atoms with Crippen LogP contribution in [0.3, 0.4) is 0 Å². The number of hydrogen-bond acceptors (Lipinski definition) is 4. The van der Waals surface area contributed by atoms with Crippen LogP contribution in [-0.4, -0.2) is 45.7 Å². The standard InChI is InChI=1S/C12H17N3O3/c1-4-10-9(7-8(2)13-14-10)12(18)15(3)6-5-11(16)17/h7H,4-6H2,1-3H3,(H,16,17). The molecule has 1 amide bonds. The van der Waals surface area contributed by atoms with Crippen LogP contribution in [0.2, 0.25) is 0 Å². The van der Waals surface area contributed by atoms with Crippen LogP contribution in [-0.2, 0) is 11.2 Å². The van der Waals surface area contributed by atoms with Gasteiger partial charge in [0.05, 0.1) is 23.4 Å². The molecule has 0 bridgehead atoms. The van der Waals surface area contributed by atoms with Crippen molar-refractivity contribution in [1.29, 1.82) is 0 Å². The van der Waals surface area contributed by atoms with Crippen LogP contribution < -0.4 is 0 Å². The molecule has 0 atom stereocenters. The second-order valence-corrected chi connectivity index (χ2v) is 4.07. The average molecular weight is 251 g/mol. The molecule has 1 aromatic heterocycles. The largest absolute Gasteiger partial charge is 0.481 e. The Morgan fingerprint density at radius 2 is 2.06 bits per heavy atom. The molecule has 1 N–H and O–H groups in total. The highest BCUT2D eigenvalue weighted by molar-refractivity contribution is 5.95. The van der Waals surface area contributed by atoms with Crippen LogP contribution in [0.5, 0.6) is 0 Å². The van der Waals surface area contributed by atoms with Gasteiger partial charge in [0, 0.05) is 13.6 Å². The van der Waals surface area contributed by atoms with Crippen LogP contribution in [0.4, 0.5) is 0 Å². The van der Waals surface area contributed by atoms with Gasteiger partial charge >= 0.3 is 5.97 Å². The summed E-state index contributed by atoms with van der Waals surface area (Å²) in [5.74, 6) is -1.14. The third-order valence-electron chi connectivity index (χ3n) is 2.57. The molecule has 6 heteroatoms. The van der Waals surface area contributed by atoms with Gasteiger partial charge in [-0.05, 0) is 19.4 Å². The van der Waals surface area contributed by atoms with E-state index in [4.69, 9.17) is 5.11 Å². The molecule has 1 heterocycles. The summed E-state index contributed by atoms with van der Waals surface area (Å²) in [6, 6.07) is 1.69. The molecule has 1 aromatic rings. The number of hydrogen-bond donors (Lipinski definition) is 1. The number of amides is 1. The molecule has 6 nitrogen and oxygen atoms in total. The van der Waals surface area contributed by atoms with Crippen LogP contribution in [0.15, 0.2) is 6.07 Å². The van der Waals surface area contributed by atoms with Crippen molar-refractivity contribution < 1.29 is 14.7 Å². The zero-order valence-corrected chi connectivity index (χ0v) is 10.8. The van der Waals surface area contributed by atoms with Gasteiger partial charge in [0.2, 0.25) is 0 Å². The Labute approximate surface area is 106 Å². The third kappa shape index (κ3) is 3.51. The fourth-order valence-corrected chi connectivity index (χ4v) is 1.53. The normalized spacial score (nSPS) is 10.2. The summed E-state index contributed by atoms with van der Waals surface area (Å²) in [6.07, 6.45) is 0.544. The monoisotopic (exact) mass is 251 g/mol. The molecule has 0 aliphatic rings. The molecule has 98 valence electrons. The van der Waals surface area contributed by atoms with Gasteiger partial charge in [0.15, 0.2) is 0 Å². The maximum atomic E-state index is 12.2. The Balaban J connectivity index is 2.88. The maximum absolute atomic E-state index is 12.2. The number of nitrogens with zero attached hydrogens (tertiary/aromatic N) is 3. The summed E-state index contributed by atoms with van der Waals surface area (Å²) in [5.41, 5.74) is 1.80. The van der Waals surface area contributed by atoms with Gasteiger partial charge in [0.1, 0.15) is 0 Å². The van der Waals surface area contributed by atoms with E-state index in [1.54, 1.807) is 20.0 Å². The van der Waals surface area contributed by atoms with Crippen molar-refractivity contribution in [3.63, 3.8) is 0 Å². The molecule has 0 fully saturated rings. The van der Waals surface area contributed by atoms with Gasteiger partial charge in [-0.1, -0.05) is 6.92 Å². The van der Waals surface area contributed by atoms with Crippen LogP contribution in [0, 0.1) is 6.92 Å². The predicted molar refractivity (Wildman–Crippen MR) is 65.4 cm³/mol. The maximum Gasteiger partial charge on any atom is 0.305 e. The lowest BCUT2D eigenvalue weighted by Crippen LogP contribution is -2.30. The molecule has 0 radical (unpaired) electrons. The molecule has 0 saturated carbocycles. The van der Waals surface area contributed by atoms with E-state index in [0.717, 1.165) is 0 Å². The van der Waals surface area contributed by atoms with E-state index >= 15 is 0 Å². The number of carbonyl (C=O) groups excluding carboxylic acids is 1. The number of carboxylic acids is 1. The Kier molecular flexibility index (Phi) is 4.76. The Hall–Kier alpha value is -1.98. The Bertz CT molecular complexity index is 460. The number of rotatable bonds is 5. The number of aromatic nitrogens is 2. The fraction of sp³-hybridized carbons (Fsp3) is 0.500. The molecule has 0 spiro atoms. The number of aryl methyl sites for hydroxylation is 2. The molecule has 0 saturated heterocycles. The number of aliphatic carboxylic acids is 1. The van der Waals surface area contributed by atoms with Gasteiger partial charge in [0.25, 0.3) is 5.91 Å². The molecule has 0 aliphatic carbocycles. The number of carboxylic acid groups (broad SMARTS) is 1. The number of carbonyl (C=O) groups is 2. The van der Waals surface area contributed by atoms with Crippen molar-refractivity contribution in [1.82, 2.24) is 15.1 Å². The SMILES string of the molecule is CCc1nnc(C)cc1C(=O)N(C)CCC(=O)O. The molecule has 1 rings (SSSR count). The summed E-state index contributed by atoms with van der Waals surface area (Å²) in [6.45, 7) is 3.84. The Morgan fingerprint density at radius 1 is 1.39 bits per heavy atom. The average Bonchev–Trinajstić information content (AvgIpc) is 2.34. The van der Waals surface area contributed by atoms with Crippen molar-refractivity contribution in [3.05, 3.63) is 23.0 Å². The van der Waals surface area contributed by atoms with Gasteiger partial charge in [-0.25, -0.2) is 0 Å². The van der Waals surface area contributed by atoms with Crippen LogP contribution in [0.25, 0.3) is 0 Å². The molecular formula is C12H17N3O3. The van der Waals surface area contributed by atoms with Crippen LogP contribution >= 0.6 is 0 Å². The van der Waals surface area contributed by atoms with E-state index in [1.807, 2.05) is 6.92 Å². The van der Waals surface area contributed by atoms with E-state index in [9.17, 15) is 9.59 Å². The second-order valence-electron chi connectivity index (χ2n) is 4.07. The van der Waals surface area contributed by atoms with E-state index in [2.05, 4.69) is 10.2 Å². The topological polar surface area (TPSA) is 83.4 Å². The lowest BCUT2D eigenvalue weighted by Gasteiger charge is -2.17. The van der Waals surface area contributed by atoms with E-state index in [1.165, 1.54) is 4.90 Å². The van der Waals surface area contributed by atoms with Crippen molar-refractivity contribution in [2.45, 2.75) is 26.7 Å². The minimum Gasteiger partial charge on any atom is -0.481 e. The fourth-order valence-electron chi connectivity index (χ4n) is 1.53. The summed E-state index contributed by atoms with van der Waals surface area (Å²) < 4.78 is 0. The summed E-state index contributed by atoms with van der Waals surface area (Å²) in [4.78, 5) is 24.0. The predicted octanol–water partition coefficient (Wildman–Crippen LogP) is 0.894. The summed E-state index contributed by atoms with van der Waals surface area (Å²) in [7, 11) is 1.58. The van der Waals surface area contributed by atoms with E-state index < -0.39 is 5.97 Å². The smallest absolute Gasteiger partial charge is 0.305 e.